The molecule has 5 nitrogen and oxygen atoms in total. The van der Waals surface area contributed by atoms with Crippen LogP contribution in [0.4, 0.5) is 5.69 Å². The van der Waals surface area contributed by atoms with Gasteiger partial charge in [-0.3, -0.25) is 4.79 Å². The fourth-order valence-electron chi connectivity index (χ4n) is 1.77. The highest BCUT2D eigenvalue weighted by Gasteiger charge is 2.15. The average molecular weight is 325 g/mol. The lowest BCUT2D eigenvalue weighted by atomic mass is 10.2. The van der Waals surface area contributed by atoms with Crippen LogP contribution in [0, 0.1) is 0 Å². The molecule has 0 radical (unpaired) electrons. The Balaban J connectivity index is 2.38. The molecule has 0 saturated heterocycles. The predicted octanol–water partition coefficient (Wildman–Crippen LogP) is 2.98. The molecule has 0 aliphatic heterocycles. The number of rotatable bonds is 4. The lowest BCUT2D eigenvalue weighted by Gasteiger charge is -2.09. The first-order valence-electron chi connectivity index (χ1n) is 5.83. The van der Waals surface area contributed by atoms with Gasteiger partial charge in [-0.2, -0.15) is 0 Å². The highest BCUT2D eigenvalue weighted by Crippen LogP contribution is 2.24. The van der Waals surface area contributed by atoms with Crippen LogP contribution >= 0.6 is 15.9 Å². The van der Waals surface area contributed by atoms with E-state index in [4.69, 9.17) is 5.11 Å². The summed E-state index contributed by atoms with van der Waals surface area (Å²) in [6.07, 6.45) is 0.674. The lowest BCUT2D eigenvalue weighted by molar-refractivity contribution is -0.115. The summed E-state index contributed by atoms with van der Waals surface area (Å²) in [6, 6.07) is 6.84. The Morgan fingerprint density at radius 1 is 1.47 bits per heavy atom. The first-order chi connectivity index (χ1) is 9.02. The van der Waals surface area contributed by atoms with E-state index in [0.717, 1.165) is 5.39 Å². The highest BCUT2D eigenvalue weighted by atomic mass is 79.9. The number of aromatic carboxylic acids is 1. The maximum atomic E-state index is 11.8. The molecule has 2 rings (SSSR count). The normalized spacial score (nSPS) is 12.3. The number of carboxylic acid groups (broad SMARTS) is 1. The summed E-state index contributed by atoms with van der Waals surface area (Å²) in [5.41, 5.74) is 1.29. The van der Waals surface area contributed by atoms with Gasteiger partial charge in [0.25, 0.3) is 0 Å². The number of nitrogens with one attached hydrogen (secondary N) is 2. The van der Waals surface area contributed by atoms with Crippen LogP contribution in [0.25, 0.3) is 10.9 Å². The van der Waals surface area contributed by atoms with Crippen molar-refractivity contribution in [3.8, 4) is 0 Å². The molecule has 1 unspecified atom stereocenters. The van der Waals surface area contributed by atoms with Crippen molar-refractivity contribution in [2.24, 2.45) is 0 Å². The molecule has 1 atom stereocenters. The molecular formula is C13H13BrN2O3. The number of carbonyl (C=O) groups excluding carboxylic acids is 1. The number of benzene rings is 1. The molecule has 0 aliphatic carbocycles. The van der Waals surface area contributed by atoms with E-state index in [0.29, 0.717) is 17.6 Å². The van der Waals surface area contributed by atoms with Crippen molar-refractivity contribution in [3.63, 3.8) is 0 Å². The zero-order valence-corrected chi connectivity index (χ0v) is 11.8. The Hall–Kier alpha value is -1.82. The molecule has 0 bridgehead atoms. The van der Waals surface area contributed by atoms with E-state index in [1.165, 1.54) is 0 Å². The van der Waals surface area contributed by atoms with E-state index in [1.807, 2.05) is 6.92 Å². The number of fused-ring (bicyclic) bond motifs is 1. The van der Waals surface area contributed by atoms with Crippen molar-refractivity contribution < 1.29 is 14.7 Å². The van der Waals surface area contributed by atoms with Crippen LogP contribution in [0.5, 0.6) is 0 Å². The minimum Gasteiger partial charge on any atom is -0.477 e. The maximum Gasteiger partial charge on any atom is 0.352 e. The van der Waals surface area contributed by atoms with Gasteiger partial charge in [-0.25, -0.2) is 4.79 Å². The molecule has 1 amide bonds. The molecule has 0 aliphatic rings. The van der Waals surface area contributed by atoms with E-state index in [-0.39, 0.29) is 16.4 Å². The number of para-hydroxylation sites is 1. The molecule has 3 N–H and O–H groups in total. The Bertz CT molecular complexity index is 636. The summed E-state index contributed by atoms with van der Waals surface area (Å²) in [6.45, 7) is 1.90. The SMILES string of the molecule is CCC(Br)C(=O)Nc1cccc2cc(C(=O)O)[nH]c12. The zero-order valence-electron chi connectivity index (χ0n) is 10.2. The van der Waals surface area contributed by atoms with Crippen LogP contribution in [0.15, 0.2) is 24.3 Å². The first-order valence-corrected chi connectivity index (χ1v) is 6.74. The Labute approximate surface area is 118 Å². The number of aromatic amines is 1. The van der Waals surface area contributed by atoms with Crippen LogP contribution < -0.4 is 5.32 Å². The molecule has 2 aromatic rings. The number of anilines is 1. The summed E-state index contributed by atoms with van der Waals surface area (Å²) in [5, 5.41) is 12.5. The number of amides is 1. The third-order valence-electron chi connectivity index (χ3n) is 2.79. The van der Waals surface area contributed by atoms with Crippen molar-refractivity contribution in [3.05, 3.63) is 30.0 Å². The first kappa shape index (κ1) is 13.6. The fourth-order valence-corrected chi connectivity index (χ4v) is 1.89. The van der Waals surface area contributed by atoms with Gasteiger partial charge in [0.15, 0.2) is 0 Å². The second-order valence-corrected chi connectivity index (χ2v) is 5.23. The van der Waals surface area contributed by atoms with Crippen molar-refractivity contribution in [1.82, 2.24) is 4.98 Å². The van der Waals surface area contributed by atoms with Crippen LogP contribution in [0.2, 0.25) is 0 Å². The van der Waals surface area contributed by atoms with E-state index in [1.54, 1.807) is 24.3 Å². The topological polar surface area (TPSA) is 82.2 Å². The van der Waals surface area contributed by atoms with Crippen LogP contribution in [0.1, 0.15) is 23.8 Å². The third-order valence-corrected chi connectivity index (χ3v) is 3.85. The van der Waals surface area contributed by atoms with Crippen molar-refractivity contribution in [1.29, 1.82) is 0 Å². The largest absolute Gasteiger partial charge is 0.477 e. The summed E-state index contributed by atoms with van der Waals surface area (Å²) in [7, 11) is 0. The number of hydrogen-bond acceptors (Lipinski definition) is 2. The van der Waals surface area contributed by atoms with Gasteiger partial charge in [0, 0.05) is 5.39 Å². The molecule has 1 aromatic heterocycles. The second kappa shape index (κ2) is 5.44. The maximum absolute atomic E-state index is 11.8. The summed E-state index contributed by atoms with van der Waals surface area (Å²) in [4.78, 5) is 25.3. The van der Waals surface area contributed by atoms with Gasteiger partial charge >= 0.3 is 5.97 Å². The van der Waals surface area contributed by atoms with Crippen molar-refractivity contribution in [2.45, 2.75) is 18.2 Å². The molecule has 19 heavy (non-hydrogen) atoms. The number of hydrogen-bond donors (Lipinski definition) is 3. The van der Waals surface area contributed by atoms with Gasteiger partial charge in [0.2, 0.25) is 5.91 Å². The Kier molecular flexibility index (Phi) is 3.90. The standard InChI is InChI=1S/C13H13BrN2O3/c1-2-8(14)12(17)16-9-5-3-4-7-6-10(13(18)19)15-11(7)9/h3-6,8,15H,2H2,1H3,(H,16,17)(H,18,19). The molecular weight excluding hydrogens is 312 g/mol. The van der Waals surface area contributed by atoms with Crippen molar-refractivity contribution >= 4 is 44.4 Å². The van der Waals surface area contributed by atoms with Crippen LogP contribution in [-0.4, -0.2) is 26.8 Å². The quantitative estimate of drug-likeness (QED) is 0.756. The van der Waals surface area contributed by atoms with Gasteiger partial charge in [-0.15, -0.1) is 0 Å². The molecule has 100 valence electrons. The number of H-pyrrole nitrogens is 1. The van der Waals surface area contributed by atoms with Crippen molar-refractivity contribution in [2.75, 3.05) is 5.32 Å². The smallest absolute Gasteiger partial charge is 0.352 e. The third kappa shape index (κ3) is 2.78. The summed E-state index contributed by atoms with van der Waals surface area (Å²) >= 11 is 3.28. The summed E-state index contributed by atoms with van der Waals surface area (Å²) < 4.78 is 0. The van der Waals surface area contributed by atoms with E-state index >= 15 is 0 Å². The van der Waals surface area contributed by atoms with Gasteiger partial charge in [0.05, 0.1) is 16.0 Å². The minimum absolute atomic E-state index is 0.0996. The number of carbonyl (C=O) groups is 2. The molecule has 0 saturated carbocycles. The van der Waals surface area contributed by atoms with Gasteiger partial charge in [-0.1, -0.05) is 35.0 Å². The van der Waals surface area contributed by atoms with Gasteiger partial charge in [0.1, 0.15) is 5.69 Å². The molecule has 0 fully saturated rings. The van der Waals surface area contributed by atoms with Gasteiger partial charge < -0.3 is 15.4 Å². The Morgan fingerprint density at radius 2 is 2.21 bits per heavy atom. The minimum atomic E-state index is -1.03. The molecule has 1 heterocycles. The monoisotopic (exact) mass is 324 g/mol. The van der Waals surface area contributed by atoms with E-state index in [2.05, 4.69) is 26.2 Å². The zero-order chi connectivity index (χ0) is 14.0. The number of halogens is 1. The lowest BCUT2D eigenvalue weighted by Crippen LogP contribution is -2.22. The van der Waals surface area contributed by atoms with Crippen LogP contribution in [0.3, 0.4) is 0 Å². The highest BCUT2D eigenvalue weighted by molar-refractivity contribution is 9.10. The van der Waals surface area contributed by atoms with E-state index in [9.17, 15) is 9.59 Å². The Morgan fingerprint density at radius 3 is 2.84 bits per heavy atom. The number of alkyl halides is 1. The van der Waals surface area contributed by atoms with Gasteiger partial charge in [-0.05, 0) is 18.6 Å². The number of aromatic nitrogens is 1. The molecule has 1 aromatic carbocycles. The van der Waals surface area contributed by atoms with Crippen LogP contribution in [-0.2, 0) is 4.79 Å². The molecule has 0 spiro atoms. The summed E-state index contributed by atoms with van der Waals surface area (Å²) in [5.74, 6) is -1.18. The second-order valence-electron chi connectivity index (χ2n) is 4.12. The molecule has 6 heteroatoms. The fraction of sp³-hybridized carbons (Fsp3) is 0.231. The average Bonchev–Trinajstić information content (AvgIpc) is 2.83. The number of carboxylic acids is 1. The van der Waals surface area contributed by atoms with E-state index < -0.39 is 5.97 Å². The predicted molar refractivity (Wildman–Crippen MR) is 76.9 cm³/mol.